The van der Waals surface area contributed by atoms with E-state index in [2.05, 4.69) is 29.2 Å². The molecule has 0 atom stereocenters. The summed E-state index contributed by atoms with van der Waals surface area (Å²) < 4.78 is 42.0. The molecule has 0 amide bonds. The van der Waals surface area contributed by atoms with E-state index in [0.717, 1.165) is 44.6 Å². The average Bonchev–Trinajstić information content (AvgIpc) is 3.26. The van der Waals surface area contributed by atoms with Crippen LogP contribution in [0.1, 0.15) is 5.56 Å². The lowest BCUT2D eigenvalue weighted by molar-refractivity contribution is -0.137. The van der Waals surface area contributed by atoms with E-state index < -0.39 is 11.7 Å². The second-order valence-electron chi connectivity index (χ2n) is 8.61. The number of fused-ring (bicyclic) bond motifs is 3. The largest absolute Gasteiger partial charge is 0.417 e. The van der Waals surface area contributed by atoms with Crippen LogP contribution in [0.4, 0.5) is 13.2 Å². The van der Waals surface area contributed by atoms with Crippen LogP contribution in [0.2, 0.25) is 0 Å². The van der Waals surface area contributed by atoms with Crippen LogP contribution in [-0.4, -0.2) is 4.98 Å². The van der Waals surface area contributed by atoms with E-state index in [-0.39, 0.29) is 5.56 Å². The van der Waals surface area contributed by atoms with Gasteiger partial charge in [0.05, 0.1) is 11.1 Å². The van der Waals surface area contributed by atoms with Crippen molar-refractivity contribution in [1.29, 1.82) is 0 Å². The van der Waals surface area contributed by atoms with Gasteiger partial charge in [0, 0.05) is 21.9 Å². The molecule has 0 saturated heterocycles. The average molecular weight is 464 g/mol. The van der Waals surface area contributed by atoms with Crippen molar-refractivity contribution in [2.45, 2.75) is 6.18 Å². The van der Waals surface area contributed by atoms with Gasteiger partial charge in [0.1, 0.15) is 0 Å². The number of aromatic amines is 1. The lowest BCUT2D eigenvalue weighted by Crippen LogP contribution is -2.07. The van der Waals surface area contributed by atoms with Crippen LogP contribution in [-0.2, 0) is 6.18 Å². The Kier molecular flexibility index (Phi) is 4.96. The molecule has 0 unspecified atom stereocenters. The van der Waals surface area contributed by atoms with Gasteiger partial charge in [0.2, 0.25) is 0 Å². The standard InChI is InChI=1S/C31H20F3N/c32-31(33,34)28-14-8-7-13-24(28)26-18-23(21-11-5-2-6-12-21)19-27-25-17-22(20-9-3-1-4-10-20)15-16-29(25)35-30(26)27/h1-19,35H. The molecule has 0 aliphatic rings. The molecule has 0 bridgehead atoms. The minimum absolute atomic E-state index is 0.164. The molecule has 1 N–H and O–H groups in total. The Morgan fingerprint density at radius 2 is 1.09 bits per heavy atom. The number of hydrogen-bond donors (Lipinski definition) is 1. The van der Waals surface area contributed by atoms with E-state index in [1.54, 1.807) is 12.1 Å². The Bertz CT molecular complexity index is 1660. The first kappa shape index (κ1) is 21.2. The second-order valence-corrected chi connectivity index (χ2v) is 8.61. The first-order valence-electron chi connectivity index (χ1n) is 11.4. The highest BCUT2D eigenvalue weighted by Gasteiger charge is 2.34. The molecule has 6 aromatic rings. The van der Waals surface area contributed by atoms with E-state index in [1.165, 1.54) is 6.07 Å². The number of rotatable bonds is 3. The molecule has 0 saturated carbocycles. The van der Waals surface area contributed by atoms with E-state index >= 15 is 0 Å². The van der Waals surface area contributed by atoms with Gasteiger partial charge < -0.3 is 4.98 Å². The lowest BCUT2D eigenvalue weighted by Gasteiger charge is -2.15. The first-order chi connectivity index (χ1) is 17.0. The Balaban J connectivity index is 1.69. The van der Waals surface area contributed by atoms with Gasteiger partial charge in [0.15, 0.2) is 0 Å². The molecule has 35 heavy (non-hydrogen) atoms. The van der Waals surface area contributed by atoms with Crippen molar-refractivity contribution < 1.29 is 13.2 Å². The smallest absolute Gasteiger partial charge is 0.354 e. The number of halogens is 3. The highest BCUT2D eigenvalue weighted by atomic mass is 19.4. The SMILES string of the molecule is FC(F)(F)c1ccccc1-c1cc(-c2ccccc2)cc2c1[nH]c1ccc(-c3ccccc3)cc12. The Labute approximate surface area is 200 Å². The van der Waals surface area contributed by atoms with E-state index in [0.29, 0.717) is 11.1 Å². The maximum absolute atomic E-state index is 14.0. The monoisotopic (exact) mass is 463 g/mol. The van der Waals surface area contributed by atoms with Crippen molar-refractivity contribution in [3.63, 3.8) is 0 Å². The van der Waals surface area contributed by atoms with Crippen LogP contribution in [0.15, 0.2) is 115 Å². The number of benzene rings is 5. The van der Waals surface area contributed by atoms with Gasteiger partial charge in [-0.1, -0.05) is 84.9 Å². The van der Waals surface area contributed by atoms with Gasteiger partial charge >= 0.3 is 6.18 Å². The molecule has 170 valence electrons. The molecule has 1 nitrogen and oxygen atoms in total. The highest BCUT2D eigenvalue weighted by Crippen LogP contribution is 2.43. The van der Waals surface area contributed by atoms with Crippen molar-refractivity contribution in [3.8, 4) is 33.4 Å². The molecule has 6 rings (SSSR count). The predicted molar refractivity (Wildman–Crippen MR) is 137 cm³/mol. The molecular formula is C31H20F3N. The summed E-state index contributed by atoms with van der Waals surface area (Å²) in [4.78, 5) is 3.41. The fourth-order valence-electron chi connectivity index (χ4n) is 4.78. The number of alkyl halides is 3. The molecule has 0 fully saturated rings. The van der Waals surface area contributed by atoms with E-state index in [9.17, 15) is 13.2 Å². The highest BCUT2D eigenvalue weighted by molar-refractivity contribution is 6.14. The fourth-order valence-corrected chi connectivity index (χ4v) is 4.78. The number of aromatic nitrogens is 1. The molecule has 0 radical (unpaired) electrons. The predicted octanol–water partition coefficient (Wildman–Crippen LogP) is 9.34. The molecule has 0 spiro atoms. The number of nitrogens with one attached hydrogen (secondary N) is 1. The second kappa shape index (κ2) is 8.17. The zero-order valence-electron chi connectivity index (χ0n) is 18.6. The zero-order chi connectivity index (χ0) is 24.0. The molecular weight excluding hydrogens is 443 g/mol. The van der Waals surface area contributed by atoms with Gasteiger partial charge in [-0.05, 0) is 58.1 Å². The van der Waals surface area contributed by atoms with Crippen LogP contribution < -0.4 is 0 Å². The normalized spacial score (nSPS) is 11.9. The van der Waals surface area contributed by atoms with Crippen LogP contribution in [0, 0.1) is 0 Å². The minimum atomic E-state index is -4.46. The van der Waals surface area contributed by atoms with Crippen LogP contribution in [0.5, 0.6) is 0 Å². The van der Waals surface area contributed by atoms with Gasteiger partial charge in [-0.15, -0.1) is 0 Å². The van der Waals surface area contributed by atoms with Gasteiger partial charge in [0.25, 0.3) is 0 Å². The van der Waals surface area contributed by atoms with Gasteiger partial charge in [-0.25, -0.2) is 0 Å². The Hall–Kier alpha value is -4.31. The van der Waals surface area contributed by atoms with Gasteiger partial charge in [-0.3, -0.25) is 0 Å². The van der Waals surface area contributed by atoms with Crippen LogP contribution in [0.3, 0.4) is 0 Å². The first-order valence-corrected chi connectivity index (χ1v) is 11.4. The quantitative estimate of drug-likeness (QED) is 0.269. The maximum atomic E-state index is 14.0. The topological polar surface area (TPSA) is 15.8 Å². The summed E-state index contributed by atoms with van der Waals surface area (Å²) >= 11 is 0. The summed E-state index contributed by atoms with van der Waals surface area (Å²) in [5.74, 6) is 0. The summed E-state index contributed by atoms with van der Waals surface area (Å²) in [6.07, 6.45) is -4.46. The van der Waals surface area contributed by atoms with E-state index in [1.807, 2.05) is 66.7 Å². The van der Waals surface area contributed by atoms with Crippen LogP contribution in [0.25, 0.3) is 55.2 Å². The van der Waals surface area contributed by atoms with Crippen molar-refractivity contribution in [1.82, 2.24) is 4.98 Å². The van der Waals surface area contributed by atoms with Gasteiger partial charge in [-0.2, -0.15) is 13.2 Å². The molecule has 0 aliphatic carbocycles. The third-order valence-corrected chi connectivity index (χ3v) is 6.44. The summed E-state index contributed by atoms with van der Waals surface area (Å²) in [7, 11) is 0. The fraction of sp³-hybridized carbons (Fsp3) is 0.0323. The molecule has 4 heteroatoms. The van der Waals surface area contributed by atoms with Crippen LogP contribution >= 0.6 is 0 Å². The molecule has 1 heterocycles. The summed E-state index contributed by atoms with van der Waals surface area (Å²) in [5, 5.41) is 1.87. The van der Waals surface area contributed by atoms with Crippen molar-refractivity contribution in [3.05, 3.63) is 121 Å². The van der Waals surface area contributed by atoms with E-state index in [4.69, 9.17) is 0 Å². The number of hydrogen-bond acceptors (Lipinski definition) is 0. The van der Waals surface area contributed by atoms with Crippen molar-refractivity contribution in [2.24, 2.45) is 0 Å². The van der Waals surface area contributed by atoms with Crippen molar-refractivity contribution >= 4 is 21.8 Å². The summed E-state index contributed by atoms with van der Waals surface area (Å²) in [6, 6.07) is 35.7. The molecule has 0 aliphatic heterocycles. The van der Waals surface area contributed by atoms with Crippen molar-refractivity contribution in [2.75, 3.05) is 0 Å². The number of H-pyrrole nitrogens is 1. The summed E-state index contributed by atoms with van der Waals surface area (Å²) in [6.45, 7) is 0. The molecule has 1 aromatic heterocycles. The maximum Gasteiger partial charge on any atom is 0.417 e. The Morgan fingerprint density at radius 3 is 1.77 bits per heavy atom. The molecule has 5 aromatic carbocycles. The summed E-state index contributed by atoms with van der Waals surface area (Å²) in [5.41, 5.74) is 5.61. The Morgan fingerprint density at radius 1 is 0.486 bits per heavy atom. The third-order valence-electron chi connectivity index (χ3n) is 6.44. The minimum Gasteiger partial charge on any atom is -0.354 e. The zero-order valence-corrected chi connectivity index (χ0v) is 18.6. The third kappa shape index (κ3) is 3.77. The lowest BCUT2D eigenvalue weighted by atomic mass is 9.92.